The fraction of sp³-hybridized carbons (Fsp3) is 0.375. The molecule has 2 aromatic rings. The maximum atomic E-state index is 13.5. The second kappa shape index (κ2) is 9.68. The van der Waals surface area contributed by atoms with E-state index < -0.39 is 31.0 Å². The fourth-order valence-electron chi connectivity index (χ4n) is 3.87. The van der Waals surface area contributed by atoms with Crippen LogP contribution in [0.1, 0.15) is 36.7 Å². The fourth-order valence-corrected chi connectivity index (χ4v) is 4.06. The van der Waals surface area contributed by atoms with Crippen LogP contribution < -0.4 is 16.1 Å². The highest BCUT2D eigenvalue weighted by Crippen LogP contribution is 2.38. The Balaban J connectivity index is 1.62. The van der Waals surface area contributed by atoms with Crippen molar-refractivity contribution in [1.29, 1.82) is 0 Å². The largest absolute Gasteiger partial charge is 0.396 e. The molecule has 0 bridgehead atoms. The maximum Gasteiger partial charge on any atom is 0.282 e. The quantitative estimate of drug-likeness (QED) is 0.322. The molecule has 1 amide bonds. The first-order chi connectivity index (χ1) is 16.1. The van der Waals surface area contributed by atoms with Crippen LogP contribution in [0.25, 0.3) is 11.3 Å². The minimum Gasteiger partial charge on any atom is -0.396 e. The molecule has 10 heteroatoms. The van der Waals surface area contributed by atoms with Crippen molar-refractivity contribution >= 4 is 29.1 Å². The number of aliphatic imine (C=N–C) groups is 1. The average molecular weight is 490 g/mol. The van der Waals surface area contributed by atoms with Gasteiger partial charge in [0, 0.05) is 17.5 Å². The molecular weight excluding hydrogens is 464 g/mol. The minimum absolute atomic E-state index is 0.149. The Hall–Kier alpha value is -3.04. The zero-order chi connectivity index (χ0) is 24.5. The molecule has 1 aromatic carbocycles. The molecule has 0 spiro atoms. The number of rotatable bonds is 8. The molecule has 1 aliphatic heterocycles. The van der Waals surface area contributed by atoms with Crippen LogP contribution >= 0.6 is 11.6 Å². The first-order valence-electron chi connectivity index (χ1n) is 11.0. The van der Waals surface area contributed by atoms with E-state index in [1.165, 1.54) is 11.0 Å². The second-order valence-electron chi connectivity index (χ2n) is 8.73. The Bertz CT molecular complexity index is 1130. The molecule has 3 N–H and O–H groups in total. The van der Waals surface area contributed by atoms with Gasteiger partial charge in [-0.15, -0.1) is 0 Å². The lowest BCUT2D eigenvalue weighted by Gasteiger charge is -2.41. The van der Waals surface area contributed by atoms with Gasteiger partial charge in [-0.25, -0.2) is 18.8 Å². The summed E-state index contributed by atoms with van der Waals surface area (Å²) in [7, 11) is 0. The summed E-state index contributed by atoms with van der Waals surface area (Å²) in [5.41, 5.74) is 2.14. The summed E-state index contributed by atoms with van der Waals surface area (Å²) in [6.07, 6.45) is 2.86. The van der Waals surface area contributed by atoms with Crippen LogP contribution in [0.2, 0.25) is 5.02 Å². The van der Waals surface area contributed by atoms with Gasteiger partial charge in [0.15, 0.2) is 0 Å². The van der Waals surface area contributed by atoms with Crippen molar-refractivity contribution in [2.24, 2.45) is 16.8 Å². The third-order valence-electron chi connectivity index (χ3n) is 5.83. The van der Waals surface area contributed by atoms with Crippen LogP contribution in [0.15, 0.2) is 53.7 Å². The molecule has 180 valence electrons. The predicted octanol–water partition coefficient (Wildman–Crippen LogP) is 4.58. The molecule has 1 atom stereocenters. The lowest BCUT2D eigenvalue weighted by molar-refractivity contribution is -0.0262. The summed E-state index contributed by atoms with van der Waals surface area (Å²) in [6.45, 7) is 4.75. The molecule has 1 aliphatic carbocycles. The highest BCUT2D eigenvalue weighted by molar-refractivity contribution is 6.30. The highest BCUT2D eigenvalue weighted by Gasteiger charge is 2.45. The topological polar surface area (TPSA) is 92.8 Å². The van der Waals surface area contributed by atoms with Crippen molar-refractivity contribution in [3.05, 3.63) is 59.4 Å². The van der Waals surface area contributed by atoms with Gasteiger partial charge in [0.2, 0.25) is 5.90 Å². The van der Waals surface area contributed by atoms with Gasteiger partial charge in [-0.1, -0.05) is 43.2 Å². The van der Waals surface area contributed by atoms with Gasteiger partial charge in [-0.05, 0) is 36.6 Å². The maximum absolute atomic E-state index is 13.5. The van der Waals surface area contributed by atoms with Gasteiger partial charge < -0.3 is 15.1 Å². The van der Waals surface area contributed by atoms with E-state index in [0.717, 1.165) is 12.8 Å². The summed E-state index contributed by atoms with van der Waals surface area (Å²) < 4.78 is 27.1. The second-order valence-corrected chi connectivity index (χ2v) is 9.17. The molecule has 2 aliphatic rings. The van der Waals surface area contributed by atoms with E-state index in [4.69, 9.17) is 17.5 Å². The number of hydrogen-bond donors (Lipinski definition) is 2. The van der Waals surface area contributed by atoms with Gasteiger partial charge in [0.25, 0.3) is 11.8 Å². The molecule has 2 fully saturated rings. The van der Waals surface area contributed by atoms with Crippen molar-refractivity contribution in [1.82, 2.24) is 10.3 Å². The number of benzene rings is 1. The number of carbonyl (C=O) groups excluding carboxylic acids is 1. The van der Waals surface area contributed by atoms with Crippen LogP contribution in [0.4, 0.5) is 14.5 Å². The van der Waals surface area contributed by atoms with E-state index in [2.05, 4.69) is 26.7 Å². The first-order valence-corrected chi connectivity index (χ1v) is 11.3. The number of pyridine rings is 1. The molecule has 4 rings (SSSR count). The Labute approximate surface area is 201 Å². The lowest BCUT2D eigenvalue weighted by Crippen LogP contribution is -2.56. The molecule has 34 heavy (non-hydrogen) atoms. The van der Waals surface area contributed by atoms with E-state index in [0.29, 0.717) is 40.0 Å². The molecule has 0 radical (unpaired) electrons. The number of nitrogens with two attached hydrogens (primary N) is 1. The SMILES string of the molecule is C=C(/N=C(/C)ON)C(CC1CC1)NC(=O)c1ccc(N2CC(F)(F)C2)c(-c2cccc(Cl)c2)n1. The van der Waals surface area contributed by atoms with E-state index in [9.17, 15) is 13.6 Å². The molecule has 1 aromatic heterocycles. The summed E-state index contributed by atoms with van der Waals surface area (Å²) in [6, 6.07) is 9.67. The number of anilines is 1. The Morgan fingerprint density at radius 2 is 2.12 bits per heavy atom. The lowest BCUT2D eigenvalue weighted by atomic mass is 10.0. The summed E-state index contributed by atoms with van der Waals surface area (Å²) in [5.74, 6) is 2.71. The standard InChI is InChI=1S/C24H26ClF2N5O2/c1-14(29-15(2)34-28)20(10-16-6-7-16)31-23(33)19-8-9-21(32-12-24(26,27)13-32)22(30-19)17-4-3-5-18(25)11-17/h3-5,8-9,11,16,20H,1,6-7,10,12-13,28H2,2H3,(H,31,33)/b29-15-. The third kappa shape index (κ3) is 5.71. The van der Waals surface area contributed by atoms with Crippen LogP contribution in [-0.4, -0.2) is 41.8 Å². The Morgan fingerprint density at radius 1 is 1.38 bits per heavy atom. The molecular formula is C24H26ClF2N5O2. The van der Waals surface area contributed by atoms with Gasteiger partial charge in [-0.2, -0.15) is 5.90 Å². The van der Waals surface area contributed by atoms with Crippen LogP contribution in [0.5, 0.6) is 0 Å². The summed E-state index contributed by atoms with van der Waals surface area (Å²) in [4.78, 5) is 28.1. The van der Waals surface area contributed by atoms with E-state index in [1.807, 2.05) is 0 Å². The summed E-state index contributed by atoms with van der Waals surface area (Å²) in [5, 5.41) is 3.43. The van der Waals surface area contributed by atoms with Gasteiger partial charge in [-0.3, -0.25) is 4.79 Å². The van der Waals surface area contributed by atoms with Crippen molar-refractivity contribution in [3.63, 3.8) is 0 Å². The monoisotopic (exact) mass is 489 g/mol. The van der Waals surface area contributed by atoms with E-state index >= 15 is 0 Å². The molecule has 1 saturated heterocycles. The minimum atomic E-state index is -2.75. The first kappa shape index (κ1) is 24.1. The average Bonchev–Trinajstić information content (AvgIpc) is 3.60. The van der Waals surface area contributed by atoms with E-state index in [1.54, 1.807) is 37.3 Å². The predicted molar refractivity (Wildman–Crippen MR) is 128 cm³/mol. The van der Waals surface area contributed by atoms with Crippen molar-refractivity contribution in [3.8, 4) is 11.3 Å². The van der Waals surface area contributed by atoms with Gasteiger partial charge in [0.05, 0.1) is 36.2 Å². The highest BCUT2D eigenvalue weighted by atomic mass is 35.5. The number of nitrogens with one attached hydrogen (secondary N) is 1. The number of carbonyl (C=O) groups is 1. The number of halogens is 3. The van der Waals surface area contributed by atoms with Crippen LogP contribution in [0.3, 0.4) is 0 Å². The Morgan fingerprint density at radius 3 is 2.74 bits per heavy atom. The number of hydrogen-bond acceptors (Lipinski definition) is 6. The van der Waals surface area contributed by atoms with Crippen molar-refractivity contribution < 1.29 is 18.4 Å². The van der Waals surface area contributed by atoms with Crippen LogP contribution in [-0.2, 0) is 4.84 Å². The molecule has 7 nitrogen and oxygen atoms in total. The van der Waals surface area contributed by atoms with E-state index in [-0.39, 0.29) is 11.6 Å². The molecule has 1 unspecified atom stereocenters. The summed E-state index contributed by atoms with van der Waals surface area (Å²) >= 11 is 6.15. The zero-order valence-corrected chi connectivity index (χ0v) is 19.5. The third-order valence-corrected chi connectivity index (χ3v) is 6.07. The number of nitrogens with zero attached hydrogens (tertiary/aromatic N) is 3. The smallest absolute Gasteiger partial charge is 0.282 e. The number of alkyl halides is 2. The zero-order valence-electron chi connectivity index (χ0n) is 18.7. The normalized spacial score (nSPS) is 18.1. The van der Waals surface area contributed by atoms with Crippen molar-refractivity contribution in [2.45, 2.75) is 38.2 Å². The molecule has 2 heterocycles. The van der Waals surface area contributed by atoms with Crippen LogP contribution in [0, 0.1) is 5.92 Å². The van der Waals surface area contributed by atoms with Gasteiger partial charge >= 0.3 is 0 Å². The van der Waals surface area contributed by atoms with Gasteiger partial charge in [0.1, 0.15) is 5.69 Å². The van der Waals surface area contributed by atoms with Crippen molar-refractivity contribution in [2.75, 3.05) is 18.0 Å². The molecule has 1 saturated carbocycles. The number of aromatic nitrogens is 1. The number of amides is 1. The Kier molecular flexibility index (Phi) is 6.86.